The average molecular weight is 299 g/mol. The van der Waals surface area contributed by atoms with Crippen molar-refractivity contribution in [2.45, 2.75) is 33.2 Å². The fraction of sp³-hybridized carbons (Fsp3) is 0.571. The number of nitrogens with one attached hydrogen (secondary N) is 1. The lowest BCUT2D eigenvalue weighted by molar-refractivity contribution is 0.726. The van der Waals surface area contributed by atoms with E-state index >= 15 is 0 Å². The van der Waals surface area contributed by atoms with Crippen LogP contribution in [0.3, 0.4) is 0 Å². The molecule has 0 aliphatic rings. The van der Waals surface area contributed by atoms with Crippen LogP contribution in [0.4, 0.5) is 5.69 Å². The quantitative estimate of drug-likeness (QED) is 0.824. The first-order valence-electron chi connectivity index (χ1n) is 6.39. The number of hydrogen-bond donors (Lipinski definition) is 1. The predicted octanol–water partition coefficient (Wildman–Crippen LogP) is 3.79. The Hall–Kier alpha value is -0.540. The van der Waals surface area contributed by atoms with E-state index in [4.69, 9.17) is 0 Å². The molecule has 0 aromatic heterocycles. The molecule has 0 aliphatic heterocycles. The Labute approximate surface area is 114 Å². The maximum absolute atomic E-state index is 3.66. The van der Waals surface area contributed by atoms with E-state index in [1.165, 1.54) is 28.6 Å². The minimum Gasteiger partial charge on any atom is -0.374 e. The highest BCUT2D eigenvalue weighted by Gasteiger charge is 2.05. The van der Waals surface area contributed by atoms with Gasteiger partial charge in [0.2, 0.25) is 0 Å². The maximum Gasteiger partial charge on any atom is 0.0508 e. The fourth-order valence-corrected chi connectivity index (χ4v) is 2.48. The molecule has 0 atom stereocenters. The van der Waals surface area contributed by atoms with E-state index < -0.39 is 0 Å². The summed E-state index contributed by atoms with van der Waals surface area (Å²) < 4.78 is 1.19. The van der Waals surface area contributed by atoms with Crippen molar-refractivity contribution in [3.63, 3.8) is 0 Å². The Morgan fingerprint density at radius 3 is 2.65 bits per heavy atom. The summed E-state index contributed by atoms with van der Waals surface area (Å²) in [7, 11) is 2.15. The zero-order chi connectivity index (χ0) is 12.7. The van der Waals surface area contributed by atoms with E-state index in [1.54, 1.807) is 0 Å². The summed E-state index contributed by atoms with van der Waals surface area (Å²) in [6.45, 7) is 7.41. The van der Waals surface area contributed by atoms with E-state index in [9.17, 15) is 0 Å². The van der Waals surface area contributed by atoms with Gasteiger partial charge in [-0.2, -0.15) is 0 Å². The molecule has 2 nitrogen and oxygen atoms in total. The molecule has 0 spiro atoms. The molecule has 0 heterocycles. The lowest BCUT2D eigenvalue weighted by atomic mass is 10.2. The summed E-state index contributed by atoms with van der Waals surface area (Å²) in [6, 6.07) is 6.61. The zero-order valence-electron chi connectivity index (χ0n) is 11.1. The second kappa shape index (κ2) is 7.72. The Balaban J connectivity index is 2.68. The number of hydrogen-bond acceptors (Lipinski definition) is 2. The fourth-order valence-electron chi connectivity index (χ4n) is 1.76. The molecule has 1 aromatic carbocycles. The standard InChI is InChI=1S/C14H23BrN2/c1-4-6-9-17(3)14-8-7-12(10-13(14)15)11-16-5-2/h7-8,10,16H,4-6,9,11H2,1-3H3. The smallest absolute Gasteiger partial charge is 0.0508 e. The van der Waals surface area contributed by atoms with Gasteiger partial charge >= 0.3 is 0 Å². The van der Waals surface area contributed by atoms with Crippen LogP contribution in [-0.4, -0.2) is 20.1 Å². The predicted molar refractivity (Wildman–Crippen MR) is 79.7 cm³/mol. The van der Waals surface area contributed by atoms with Crippen LogP contribution in [0.25, 0.3) is 0 Å². The minimum absolute atomic E-state index is 0.939. The molecule has 0 saturated carbocycles. The third-order valence-corrected chi connectivity index (χ3v) is 3.48. The Morgan fingerprint density at radius 1 is 1.29 bits per heavy atom. The zero-order valence-corrected chi connectivity index (χ0v) is 12.7. The van der Waals surface area contributed by atoms with Crippen LogP contribution in [0.1, 0.15) is 32.3 Å². The number of rotatable bonds is 7. The topological polar surface area (TPSA) is 15.3 Å². The molecule has 17 heavy (non-hydrogen) atoms. The van der Waals surface area contributed by atoms with E-state index in [0.717, 1.165) is 19.6 Å². The summed E-state index contributed by atoms with van der Waals surface area (Å²) in [6.07, 6.45) is 2.47. The van der Waals surface area contributed by atoms with Crippen LogP contribution in [0, 0.1) is 0 Å². The molecule has 0 unspecified atom stereocenters. The molecule has 0 bridgehead atoms. The molecular formula is C14H23BrN2. The van der Waals surface area contributed by atoms with Crippen LogP contribution in [-0.2, 0) is 6.54 Å². The lowest BCUT2D eigenvalue weighted by Gasteiger charge is -2.21. The highest BCUT2D eigenvalue weighted by Crippen LogP contribution is 2.26. The normalized spacial score (nSPS) is 10.6. The molecule has 0 amide bonds. The summed E-state index contributed by atoms with van der Waals surface area (Å²) in [4.78, 5) is 2.31. The van der Waals surface area contributed by atoms with Crippen molar-refractivity contribution in [3.8, 4) is 0 Å². The summed E-state index contributed by atoms with van der Waals surface area (Å²) in [5.41, 5.74) is 2.60. The molecule has 0 radical (unpaired) electrons. The van der Waals surface area contributed by atoms with Crippen LogP contribution in [0.2, 0.25) is 0 Å². The molecule has 3 heteroatoms. The van der Waals surface area contributed by atoms with Gasteiger partial charge in [-0.05, 0) is 46.6 Å². The van der Waals surface area contributed by atoms with Gasteiger partial charge in [-0.3, -0.25) is 0 Å². The first-order chi connectivity index (χ1) is 8.19. The molecule has 1 aromatic rings. The van der Waals surface area contributed by atoms with Crippen molar-refractivity contribution >= 4 is 21.6 Å². The minimum atomic E-state index is 0.939. The summed E-state index contributed by atoms with van der Waals surface area (Å²) in [5, 5.41) is 3.34. The molecule has 1 N–H and O–H groups in total. The monoisotopic (exact) mass is 298 g/mol. The van der Waals surface area contributed by atoms with E-state index in [1.807, 2.05) is 0 Å². The number of anilines is 1. The Bertz CT molecular complexity index is 339. The number of halogens is 1. The molecule has 96 valence electrons. The van der Waals surface area contributed by atoms with Crippen molar-refractivity contribution in [2.75, 3.05) is 25.0 Å². The SMILES string of the molecule is CCCCN(C)c1ccc(CNCC)cc1Br. The van der Waals surface area contributed by atoms with Crippen molar-refractivity contribution in [1.29, 1.82) is 0 Å². The van der Waals surface area contributed by atoms with E-state index in [2.05, 4.69) is 65.2 Å². The third kappa shape index (κ3) is 4.68. The highest BCUT2D eigenvalue weighted by atomic mass is 79.9. The Morgan fingerprint density at radius 2 is 2.06 bits per heavy atom. The maximum atomic E-state index is 3.66. The van der Waals surface area contributed by atoms with Gasteiger partial charge in [0.1, 0.15) is 0 Å². The average Bonchev–Trinajstić information content (AvgIpc) is 2.33. The Kier molecular flexibility index (Phi) is 6.60. The van der Waals surface area contributed by atoms with Crippen LogP contribution < -0.4 is 10.2 Å². The molecule has 0 aliphatic carbocycles. The van der Waals surface area contributed by atoms with Gasteiger partial charge in [0.05, 0.1) is 5.69 Å². The lowest BCUT2D eigenvalue weighted by Crippen LogP contribution is -2.19. The van der Waals surface area contributed by atoms with Gasteiger partial charge in [-0.25, -0.2) is 0 Å². The molecule has 1 rings (SSSR count). The third-order valence-electron chi connectivity index (χ3n) is 2.85. The van der Waals surface area contributed by atoms with Crippen molar-refractivity contribution in [2.24, 2.45) is 0 Å². The van der Waals surface area contributed by atoms with E-state index in [0.29, 0.717) is 0 Å². The second-order valence-electron chi connectivity index (χ2n) is 4.34. The van der Waals surface area contributed by atoms with Crippen LogP contribution >= 0.6 is 15.9 Å². The summed E-state index contributed by atoms with van der Waals surface area (Å²) in [5.74, 6) is 0. The first-order valence-corrected chi connectivity index (χ1v) is 7.18. The summed E-state index contributed by atoms with van der Waals surface area (Å²) >= 11 is 3.66. The highest BCUT2D eigenvalue weighted by molar-refractivity contribution is 9.10. The van der Waals surface area contributed by atoms with Gasteiger partial charge < -0.3 is 10.2 Å². The van der Waals surface area contributed by atoms with Crippen LogP contribution in [0.5, 0.6) is 0 Å². The number of nitrogens with zero attached hydrogens (tertiary/aromatic N) is 1. The largest absolute Gasteiger partial charge is 0.374 e. The number of unbranched alkanes of at least 4 members (excludes halogenated alkanes) is 1. The molecular weight excluding hydrogens is 276 g/mol. The number of benzene rings is 1. The second-order valence-corrected chi connectivity index (χ2v) is 5.20. The van der Waals surface area contributed by atoms with Gasteiger partial charge in [0, 0.05) is 24.6 Å². The van der Waals surface area contributed by atoms with Gasteiger partial charge in [-0.15, -0.1) is 0 Å². The van der Waals surface area contributed by atoms with Gasteiger partial charge in [0.25, 0.3) is 0 Å². The van der Waals surface area contributed by atoms with Crippen molar-refractivity contribution < 1.29 is 0 Å². The van der Waals surface area contributed by atoms with Crippen molar-refractivity contribution in [1.82, 2.24) is 5.32 Å². The van der Waals surface area contributed by atoms with E-state index in [-0.39, 0.29) is 0 Å². The van der Waals surface area contributed by atoms with Gasteiger partial charge in [-0.1, -0.05) is 26.3 Å². The van der Waals surface area contributed by atoms with Gasteiger partial charge in [0.15, 0.2) is 0 Å². The first kappa shape index (κ1) is 14.5. The van der Waals surface area contributed by atoms with Crippen LogP contribution in [0.15, 0.2) is 22.7 Å². The molecule has 0 saturated heterocycles. The van der Waals surface area contributed by atoms with Crippen molar-refractivity contribution in [3.05, 3.63) is 28.2 Å². The molecule has 0 fully saturated rings.